The third-order valence-corrected chi connectivity index (χ3v) is 4.96. The zero-order valence-corrected chi connectivity index (χ0v) is 13.4. The number of hydrogen-bond acceptors (Lipinski definition) is 3. The molecule has 0 spiro atoms. The van der Waals surface area contributed by atoms with Crippen LogP contribution in [0.1, 0.15) is 52.9 Å². The highest BCUT2D eigenvalue weighted by Gasteiger charge is 2.38. The van der Waals surface area contributed by atoms with Crippen molar-refractivity contribution in [2.75, 3.05) is 13.1 Å². The van der Waals surface area contributed by atoms with E-state index in [4.69, 9.17) is 0 Å². The molecule has 2 unspecified atom stereocenters. The van der Waals surface area contributed by atoms with Gasteiger partial charge in [-0.15, -0.1) is 0 Å². The summed E-state index contributed by atoms with van der Waals surface area (Å²) in [6.07, 6.45) is 4.10. The fraction of sp³-hybridized carbons (Fsp3) is 0.875. The molecule has 120 valence electrons. The molecule has 2 rings (SSSR count). The zero-order valence-electron chi connectivity index (χ0n) is 13.4. The van der Waals surface area contributed by atoms with Crippen LogP contribution in [0.5, 0.6) is 0 Å². The lowest BCUT2D eigenvalue weighted by Crippen LogP contribution is -2.51. The summed E-state index contributed by atoms with van der Waals surface area (Å²) in [5, 5.41) is 12.3. The minimum atomic E-state index is -0.824. The third kappa shape index (κ3) is 3.96. The van der Waals surface area contributed by atoms with Gasteiger partial charge in [0.1, 0.15) is 0 Å². The maximum absolute atomic E-state index is 12.3. The van der Waals surface area contributed by atoms with Crippen LogP contribution in [0.25, 0.3) is 0 Å². The van der Waals surface area contributed by atoms with Gasteiger partial charge in [0.2, 0.25) is 5.91 Å². The van der Waals surface area contributed by atoms with Crippen molar-refractivity contribution in [3.05, 3.63) is 0 Å². The normalized spacial score (nSPS) is 28.5. The van der Waals surface area contributed by atoms with E-state index in [0.29, 0.717) is 12.8 Å². The number of nitrogens with one attached hydrogen (secondary N) is 1. The van der Waals surface area contributed by atoms with Gasteiger partial charge in [-0.05, 0) is 46.5 Å². The number of rotatable bonds is 3. The molecule has 0 aromatic carbocycles. The predicted molar refractivity (Wildman–Crippen MR) is 81.0 cm³/mol. The second-order valence-corrected chi connectivity index (χ2v) is 7.42. The van der Waals surface area contributed by atoms with Crippen LogP contribution in [0.3, 0.4) is 0 Å². The Kier molecular flexibility index (Phi) is 4.91. The monoisotopic (exact) mass is 296 g/mol. The van der Waals surface area contributed by atoms with Gasteiger partial charge >= 0.3 is 5.97 Å². The SMILES string of the molecule is CC(C)(C)N1CCC(NC(=O)C2CCCC2C(=O)O)CC1. The van der Waals surface area contributed by atoms with E-state index in [1.165, 1.54) is 0 Å². The predicted octanol–water partition coefficient (Wildman–Crippen LogP) is 1.87. The summed E-state index contributed by atoms with van der Waals surface area (Å²) in [6, 6.07) is 0.200. The lowest BCUT2D eigenvalue weighted by atomic mass is 9.93. The van der Waals surface area contributed by atoms with Crippen LogP contribution in [-0.4, -0.2) is 46.6 Å². The Morgan fingerprint density at radius 2 is 1.62 bits per heavy atom. The van der Waals surface area contributed by atoms with Crippen LogP contribution in [0.2, 0.25) is 0 Å². The number of carbonyl (C=O) groups is 2. The van der Waals surface area contributed by atoms with Gasteiger partial charge in [-0.25, -0.2) is 0 Å². The molecule has 1 aliphatic heterocycles. The second kappa shape index (κ2) is 6.34. The highest BCUT2D eigenvalue weighted by Crippen LogP contribution is 2.32. The Balaban J connectivity index is 1.83. The fourth-order valence-electron chi connectivity index (χ4n) is 3.57. The summed E-state index contributed by atoms with van der Waals surface area (Å²) in [5.41, 5.74) is 0.175. The lowest BCUT2D eigenvalue weighted by molar-refractivity contribution is -0.146. The lowest BCUT2D eigenvalue weighted by Gasteiger charge is -2.41. The molecule has 0 aromatic heterocycles. The van der Waals surface area contributed by atoms with Crippen LogP contribution in [0.4, 0.5) is 0 Å². The van der Waals surface area contributed by atoms with E-state index in [-0.39, 0.29) is 23.4 Å². The number of aliphatic carboxylic acids is 1. The number of hydrogen-bond donors (Lipinski definition) is 2. The molecule has 1 amide bonds. The quantitative estimate of drug-likeness (QED) is 0.834. The first-order valence-corrected chi connectivity index (χ1v) is 8.07. The first kappa shape index (κ1) is 16.3. The molecule has 1 aliphatic carbocycles. The van der Waals surface area contributed by atoms with Crippen molar-refractivity contribution in [3.8, 4) is 0 Å². The van der Waals surface area contributed by atoms with Crippen molar-refractivity contribution in [2.45, 2.75) is 64.5 Å². The first-order chi connectivity index (χ1) is 9.79. The van der Waals surface area contributed by atoms with Crippen LogP contribution in [-0.2, 0) is 9.59 Å². The zero-order chi connectivity index (χ0) is 15.6. The van der Waals surface area contributed by atoms with Gasteiger partial charge in [0.15, 0.2) is 0 Å². The summed E-state index contributed by atoms with van der Waals surface area (Å²) in [6.45, 7) is 8.61. The molecule has 5 nitrogen and oxygen atoms in total. The summed E-state index contributed by atoms with van der Waals surface area (Å²) in [4.78, 5) is 25.9. The molecule has 2 N–H and O–H groups in total. The largest absolute Gasteiger partial charge is 0.481 e. The molecule has 2 atom stereocenters. The molecule has 2 aliphatic rings. The second-order valence-electron chi connectivity index (χ2n) is 7.42. The average Bonchev–Trinajstić information content (AvgIpc) is 2.87. The first-order valence-electron chi connectivity index (χ1n) is 8.07. The van der Waals surface area contributed by atoms with Crippen molar-refractivity contribution in [1.29, 1.82) is 0 Å². The van der Waals surface area contributed by atoms with Gasteiger partial charge in [-0.1, -0.05) is 6.42 Å². The molecular formula is C16H28N2O3. The molecule has 1 saturated heterocycles. The number of amides is 1. The molecule has 21 heavy (non-hydrogen) atoms. The number of nitrogens with zero attached hydrogens (tertiary/aromatic N) is 1. The molecule has 1 saturated carbocycles. The standard InChI is InChI=1S/C16H28N2O3/c1-16(2,3)18-9-7-11(8-10-18)17-14(19)12-5-4-6-13(12)15(20)21/h11-13H,4-10H2,1-3H3,(H,17,19)(H,20,21). The van der Waals surface area contributed by atoms with Gasteiger partial charge < -0.3 is 10.4 Å². The van der Waals surface area contributed by atoms with Crippen molar-refractivity contribution >= 4 is 11.9 Å². The van der Waals surface area contributed by atoms with E-state index in [1.807, 2.05) is 0 Å². The highest BCUT2D eigenvalue weighted by molar-refractivity contribution is 5.85. The van der Waals surface area contributed by atoms with Crippen molar-refractivity contribution < 1.29 is 14.7 Å². The van der Waals surface area contributed by atoms with Crippen LogP contribution < -0.4 is 5.32 Å². The summed E-state index contributed by atoms with van der Waals surface area (Å²) in [5.74, 6) is -1.69. The van der Waals surface area contributed by atoms with Crippen molar-refractivity contribution in [2.24, 2.45) is 11.8 Å². The number of piperidine rings is 1. The van der Waals surface area contributed by atoms with Gasteiger partial charge in [0, 0.05) is 24.7 Å². The summed E-state index contributed by atoms with van der Waals surface area (Å²) in [7, 11) is 0. The summed E-state index contributed by atoms with van der Waals surface area (Å²) >= 11 is 0. The number of carboxylic acids is 1. The average molecular weight is 296 g/mol. The molecule has 0 radical (unpaired) electrons. The number of likely N-dealkylation sites (tertiary alicyclic amines) is 1. The van der Waals surface area contributed by atoms with Gasteiger partial charge in [0.05, 0.1) is 11.8 Å². The summed E-state index contributed by atoms with van der Waals surface area (Å²) < 4.78 is 0. The van der Waals surface area contributed by atoms with Crippen LogP contribution in [0, 0.1) is 11.8 Å². The maximum atomic E-state index is 12.3. The highest BCUT2D eigenvalue weighted by atomic mass is 16.4. The van der Waals surface area contributed by atoms with Crippen LogP contribution >= 0.6 is 0 Å². The number of carboxylic acid groups (broad SMARTS) is 1. The Labute approximate surface area is 127 Å². The Bertz CT molecular complexity index is 395. The van der Waals surface area contributed by atoms with E-state index in [9.17, 15) is 14.7 Å². The topological polar surface area (TPSA) is 69.6 Å². The van der Waals surface area contributed by atoms with E-state index >= 15 is 0 Å². The maximum Gasteiger partial charge on any atom is 0.307 e. The molecule has 5 heteroatoms. The third-order valence-electron chi connectivity index (χ3n) is 4.96. The molecule has 1 heterocycles. The molecule has 0 bridgehead atoms. The van der Waals surface area contributed by atoms with E-state index < -0.39 is 11.9 Å². The van der Waals surface area contributed by atoms with Gasteiger partial charge in [0.25, 0.3) is 0 Å². The van der Waals surface area contributed by atoms with Gasteiger partial charge in [-0.2, -0.15) is 0 Å². The van der Waals surface area contributed by atoms with E-state index in [2.05, 4.69) is 31.0 Å². The van der Waals surface area contributed by atoms with E-state index in [0.717, 1.165) is 32.4 Å². The molecular weight excluding hydrogens is 268 g/mol. The number of carbonyl (C=O) groups excluding carboxylic acids is 1. The fourth-order valence-corrected chi connectivity index (χ4v) is 3.57. The van der Waals surface area contributed by atoms with Crippen molar-refractivity contribution in [1.82, 2.24) is 10.2 Å². The smallest absolute Gasteiger partial charge is 0.307 e. The van der Waals surface area contributed by atoms with Gasteiger partial charge in [-0.3, -0.25) is 14.5 Å². The Morgan fingerprint density at radius 3 is 2.14 bits per heavy atom. The van der Waals surface area contributed by atoms with E-state index in [1.54, 1.807) is 0 Å². The van der Waals surface area contributed by atoms with Crippen molar-refractivity contribution in [3.63, 3.8) is 0 Å². The molecule has 0 aromatic rings. The molecule has 2 fully saturated rings. The Morgan fingerprint density at radius 1 is 1.05 bits per heavy atom. The minimum absolute atomic E-state index is 0.0471. The Hall–Kier alpha value is -1.10. The minimum Gasteiger partial charge on any atom is -0.481 e. The van der Waals surface area contributed by atoms with Crippen LogP contribution in [0.15, 0.2) is 0 Å².